The first-order valence-electron chi connectivity index (χ1n) is 41.7. The molecule has 0 aromatic heterocycles. The largest absolute Gasteiger partial charge is 0.458 e. The van der Waals surface area contributed by atoms with Gasteiger partial charge >= 0.3 is 0 Å². The molecule has 1 spiro atoms. The first kappa shape index (κ1) is 72.4. The van der Waals surface area contributed by atoms with E-state index in [4.69, 9.17) is 4.74 Å². The van der Waals surface area contributed by atoms with Crippen molar-refractivity contribution < 1.29 is 4.74 Å². The van der Waals surface area contributed by atoms with Gasteiger partial charge in [0, 0.05) is 62.7 Å². The zero-order valence-corrected chi connectivity index (χ0v) is 70.0. The molecule has 0 N–H and O–H groups in total. The topological polar surface area (TPSA) is 19.0 Å². The predicted molar refractivity (Wildman–Crippen MR) is 491 cm³/mol. The van der Waals surface area contributed by atoms with E-state index in [-0.39, 0.29) is 45.9 Å². The first-order valence-corrected chi connectivity index (χ1v) is 41.7. The Morgan fingerprint density at radius 3 is 1.09 bits per heavy atom. The Balaban J connectivity index is 0.919. The van der Waals surface area contributed by atoms with E-state index in [1.165, 1.54) is 133 Å². The van der Waals surface area contributed by atoms with Crippen molar-refractivity contribution in [3.8, 4) is 67.1 Å². The van der Waals surface area contributed by atoms with Crippen molar-refractivity contribution in [3.05, 3.63) is 341 Å². The second kappa shape index (κ2) is 25.2. The fourth-order valence-corrected chi connectivity index (χ4v) is 20.1. The minimum absolute atomic E-state index is 0.134. The van der Waals surface area contributed by atoms with Gasteiger partial charge < -0.3 is 19.4 Å². The van der Waals surface area contributed by atoms with E-state index in [1.807, 2.05) is 0 Å². The van der Waals surface area contributed by atoms with Gasteiger partial charge in [-0.05, 0) is 238 Å². The molecular formula is C109H101B2N3O. The summed E-state index contributed by atoms with van der Waals surface area (Å²) in [5.74, 6) is 1.71. The van der Waals surface area contributed by atoms with Crippen molar-refractivity contribution in [2.75, 3.05) is 14.7 Å². The summed E-state index contributed by atoms with van der Waals surface area (Å²) in [5, 5.41) is 0. The Morgan fingerprint density at radius 2 is 0.617 bits per heavy atom. The molecule has 4 nitrogen and oxygen atoms in total. The molecule has 0 bridgehead atoms. The summed E-state index contributed by atoms with van der Waals surface area (Å²) < 4.78 is 8.33. The van der Waals surface area contributed by atoms with Crippen LogP contribution < -0.4 is 52.2 Å². The van der Waals surface area contributed by atoms with Crippen molar-refractivity contribution >= 4 is 97.4 Å². The third kappa shape index (κ3) is 11.1. The summed E-state index contributed by atoms with van der Waals surface area (Å²) in [6, 6.07) is 111. The van der Waals surface area contributed by atoms with Crippen LogP contribution in [0, 0.1) is 0 Å². The lowest BCUT2D eigenvalue weighted by atomic mass is 9.30. The van der Waals surface area contributed by atoms with E-state index in [0.29, 0.717) is 0 Å². The highest BCUT2D eigenvalue weighted by Gasteiger charge is 2.54. The van der Waals surface area contributed by atoms with Gasteiger partial charge in [0.25, 0.3) is 13.4 Å². The third-order valence-electron chi connectivity index (χ3n) is 26.2. The SMILES string of the molecule is CC(C)(C)c1cc(N2c3ccccc3B3c4cc5c(cc4Oc4cc(-c6cccc7c6C6(c8ccccc8-c8ccccc86)c6ccccc6-7)cc2c43)N(c2c(-c3ccccc3)cc(C(C)(C)C)cc2-c2ccccc2)c2cc(C(C)(C)C)cc3c2B5c2ccccc2N3c2cc(C(C)(C)C)cc(C(C)(C)C)c2)cc(C(C)(C)C)c1. The molecule has 0 radical (unpaired) electrons. The molecule has 2 aliphatic carbocycles. The van der Waals surface area contributed by atoms with Crippen LogP contribution >= 0.6 is 0 Å². The van der Waals surface area contributed by atoms with Gasteiger partial charge in [0.1, 0.15) is 11.5 Å². The average Bonchev–Trinajstić information content (AvgIpc) is 1.15. The quantitative estimate of drug-likeness (QED) is 0.154. The van der Waals surface area contributed by atoms with Gasteiger partial charge in [0.15, 0.2) is 0 Å². The number of hydrogen-bond donors (Lipinski definition) is 0. The number of ether oxygens (including phenoxy) is 1. The molecule has 0 amide bonds. The number of nitrogens with zero attached hydrogens (tertiary/aromatic N) is 3. The Labute approximate surface area is 682 Å². The zero-order chi connectivity index (χ0) is 79.7. The van der Waals surface area contributed by atoms with E-state index >= 15 is 0 Å². The third-order valence-corrected chi connectivity index (χ3v) is 26.2. The number of benzene rings is 14. The van der Waals surface area contributed by atoms with E-state index in [1.54, 1.807) is 0 Å². The lowest BCUT2D eigenvalue weighted by Crippen LogP contribution is -2.64. The number of para-hydroxylation sites is 2. The minimum Gasteiger partial charge on any atom is -0.458 e. The molecule has 14 aromatic carbocycles. The molecule has 0 saturated carbocycles. The summed E-state index contributed by atoms with van der Waals surface area (Å²) in [7, 11) is 0. The Hall–Kier alpha value is -11.6. The van der Waals surface area contributed by atoms with Crippen molar-refractivity contribution in [1.29, 1.82) is 0 Å². The van der Waals surface area contributed by atoms with Crippen LogP contribution in [0.3, 0.4) is 0 Å². The standard InChI is InChI=1S/C109H101B2N3O/c1-103(2,3)69-54-70(104(4,5)6)57-75(56-69)112-92-51-34-32-49-88(92)111-90-64-89-93(65-97(90)115-98-53-68(52-94(112)101(98)111)77-43-35-44-81-80-42-27-30-47-86(80)109(99(77)81)84-45-28-25-40-78(84)79-41-26-29-46-85(79)109)114(102-82(66-36-21-19-22-37-66)60-73(107(13,14)15)61-83(102)67-38-23-20-24-39-67)96-63-74(108(16,17)18)62-95-100(96)110(89)87-48-31-33-50-91(87)113(95)76-58-71(105(7,8)9)55-72(59-76)106(10,11)12/h19-65H,1-18H3. The van der Waals surface area contributed by atoms with E-state index in [9.17, 15) is 0 Å². The second-order valence-corrected chi connectivity index (χ2v) is 39.7. The van der Waals surface area contributed by atoms with Crippen LogP contribution in [0.4, 0.5) is 51.2 Å². The maximum absolute atomic E-state index is 8.33. The van der Waals surface area contributed by atoms with Gasteiger partial charge in [-0.1, -0.05) is 331 Å². The van der Waals surface area contributed by atoms with Crippen LogP contribution in [0.15, 0.2) is 285 Å². The van der Waals surface area contributed by atoms with Gasteiger partial charge in [0.05, 0.1) is 11.1 Å². The van der Waals surface area contributed by atoms with Crippen molar-refractivity contribution in [1.82, 2.24) is 0 Å². The van der Waals surface area contributed by atoms with Crippen LogP contribution in [-0.2, 0) is 37.9 Å². The highest BCUT2D eigenvalue weighted by molar-refractivity contribution is 7.02. The van der Waals surface area contributed by atoms with Crippen molar-refractivity contribution in [3.63, 3.8) is 0 Å². The second-order valence-electron chi connectivity index (χ2n) is 39.7. The minimum atomic E-state index is -0.609. The van der Waals surface area contributed by atoms with E-state index in [2.05, 4.69) is 424 Å². The molecule has 6 aliphatic rings. The molecule has 115 heavy (non-hydrogen) atoms. The molecule has 0 atom stereocenters. The molecule has 0 saturated heterocycles. The molecule has 14 aromatic rings. The normalized spacial score (nSPS) is 14.6. The number of fused-ring (bicyclic) bond motifs is 18. The summed E-state index contributed by atoms with van der Waals surface area (Å²) in [4.78, 5) is 8.01. The van der Waals surface area contributed by atoms with Crippen LogP contribution in [0.25, 0.3) is 55.6 Å². The molecule has 564 valence electrons. The van der Waals surface area contributed by atoms with Gasteiger partial charge in [-0.3, -0.25) is 0 Å². The Morgan fingerprint density at radius 1 is 0.243 bits per heavy atom. The maximum atomic E-state index is 8.33. The fourth-order valence-electron chi connectivity index (χ4n) is 20.1. The van der Waals surface area contributed by atoms with Crippen LogP contribution in [0.2, 0.25) is 0 Å². The first-order chi connectivity index (χ1) is 54.8. The summed E-state index contributed by atoms with van der Waals surface area (Å²) in [6.07, 6.45) is 0. The van der Waals surface area contributed by atoms with Crippen LogP contribution in [0.5, 0.6) is 11.5 Å². The van der Waals surface area contributed by atoms with Gasteiger partial charge in [-0.2, -0.15) is 0 Å². The smallest absolute Gasteiger partial charge is 0.256 e. The van der Waals surface area contributed by atoms with Crippen LogP contribution in [0.1, 0.15) is 180 Å². The number of hydrogen-bond acceptors (Lipinski definition) is 4. The summed E-state index contributed by atoms with van der Waals surface area (Å²) in [6.45, 7) is 42.2. The van der Waals surface area contributed by atoms with Gasteiger partial charge in [0.2, 0.25) is 0 Å². The monoisotopic (exact) mass is 1490 g/mol. The van der Waals surface area contributed by atoms with Crippen molar-refractivity contribution in [2.24, 2.45) is 0 Å². The summed E-state index contributed by atoms with van der Waals surface area (Å²) >= 11 is 0. The van der Waals surface area contributed by atoms with Crippen LogP contribution in [-0.4, -0.2) is 13.4 Å². The van der Waals surface area contributed by atoms with E-state index < -0.39 is 5.41 Å². The molecule has 4 heterocycles. The zero-order valence-electron chi connectivity index (χ0n) is 70.0. The molecule has 20 rings (SSSR count). The maximum Gasteiger partial charge on any atom is 0.256 e. The highest BCUT2D eigenvalue weighted by atomic mass is 16.5. The molecule has 4 aliphatic heterocycles. The Kier molecular flexibility index (Phi) is 15.9. The highest BCUT2D eigenvalue weighted by Crippen LogP contribution is 2.65. The summed E-state index contributed by atoms with van der Waals surface area (Å²) in [5.41, 5.74) is 41.1. The van der Waals surface area contributed by atoms with Crippen molar-refractivity contribution in [2.45, 2.75) is 163 Å². The van der Waals surface area contributed by atoms with E-state index in [0.717, 1.165) is 73.2 Å². The fraction of sp³-hybridized carbons (Fsp3) is 0.229. The molecule has 0 fully saturated rings. The predicted octanol–water partition coefficient (Wildman–Crippen LogP) is 25.3. The Bertz CT molecular complexity index is 6230. The lowest BCUT2D eigenvalue weighted by Gasteiger charge is -2.47. The lowest BCUT2D eigenvalue weighted by molar-refractivity contribution is 0.488. The molecule has 6 heteroatoms. The molecule has 0 unspecified atom stereocenters. The van der Waals surface area contributed by atoms with Gasteiger partial charge in [-0.25, -0.2) is 0 Å². The average molecular weight is 1490 g/mol. The number of rotatable bonds is 6. The number of anilines is 9. The van der Waals surface area contributed by atoms with Gasteiger partial charge in [-0.15, -0.1) is 0 Å². The molecular weight excluding hydrogens is 1390 g/mol.